The second kappa shape index (κ2) is 5.64. The van der Waals surface area contributed by atoms with Crippen molar-refractivity contribution in [2.24, 2.45) is 4.99 Å². The second-order valence-corrected chi connectivity index (χ2v) is 4.11. The van der Waals surface area contributed by atoms with Crippen LogP contribution in [0.3, 0.4) is 0 Å². The van der Waals surface area contributed by atoms with Crippen molar-refractivity contribution in [3.63, 3.8) is 0 Å². The lowest BCUT2D eigenvalue weighted by Gasteiger charge is -2.20. The summed E-state index contributed by atoms with van der Waals surface area (Å²) in [4.78, 5) is 4.27. The van der Waals surface area contributed by atoms with Crippen LogP contribution in [0.1, 0.15) is 40.0 Å². The highest BCUT2D eigenvalue weighted by Gasteiger charge is 2.15. The first-order chi connectivity index (χ1) is 7.61. The van der Waals surface area contributed by atoms with Crippen LogP contribution >= 0.6 is 0 Å². The van der Waals surface area contributed by atoms with Crippen LogP contribution in [0.25, 0.3) is 0 Å². The van der Waals surface area contributed by atoms with E-state index in [0.29, 0.717) is 0 Å². The third kappa shape index (κ3) is 2.60. The molecule has 0 aromatic heterocycles. The molecule has 0 saturated carbocycles. The summed E-state index contributed by atoms with van der Waals surface area (Å²) in [6.45, 7) is 14.1. The molecule has 1 aliphatic rings. The SMILES string of the molecule is C=C/N=C(/C)C1=CCCC(C(=C)CC)=C1C. The van der Waals surface area contributed by atoms with Gasteiger partial charge in [-0.05, 0) is 49.8 Å². The van der Waals surface area contributed by atoms with Crippen LogP contribution < -0.4 is 0 Å². The minimum absolute atomic E-state index is 1.03. The smallest absolute Gasteiger partial charge is 0.0444 e. The van der Waals surface area contributed by atoms with E-state index in [9.17, 15) is 0 Å². The summed E-state index contributed by atoms with van der Waals surface area (Å²) in [6.07, 6.45) is 7.10. The highest BCUT2D eigenvalue weighted by Crippen LogP contribution is 2.31. The number of hydrogen-bond donors (Lipinski definition) is 0. The molecular weight excluding hydrogens is 194 g/mol. The molecule has 0 aromatic rings. The fourth-order valence-corrected chi connectivity index (χ4v) is 2.14. The lowest BCUT2D eigenvalue weighted by molar-refractivity contribution is 0.914. The topological polar surface area (TPSA) is 12.4 Å². The van der Waals surface area contributed by atoms with Crippen molar-refractivity contribution in [1.82, 2.24) is 0 Å². The van der Waals surface area contributed by atoms with Crippen LogP contribution in [0.2, 0.25) is 0 Å². The van der Waals surface area contributed by atoms with Crippen LogP contribution in [0.5, 0.6) is 0 Å². The maximum atomic E-state index is 4.27. The van der Waals surface area contributed by atoms with Crippen molar-refractivity contribution in [2.75, 3.05) is 0 Å². The maximum Gasteiger partial charge on any atom is 0.0444 e. The van der Waals surface area contributed by atoms with E-state index in [0.717, 1.165) is 25.0 Å². The molecular formula is C15H21N. The number of nitrogens with zero attached hydrogens (tertiary/aromatic N) is 1. The Hall–Kier alpha value is -1.37. The zero-order valence-corrected chi connectivity index (χ0v) is 10.6. The summed E-state index contributed by atoms with van der Waals surface area (Å²) in [6, 6.07) is 0. The first-order valence-corrected chi connectivity index (χ1v) is 5.85. The Bertz CT molecular complexity index is 392. The summed E-state index contributed by atoms with van der Waals surface area (Å²) >= 11 is 0. The fourth-order valence-electron chi connectivity index (χ4n) is 2.14. The predicted molar refractivity (Wildman–Crippen MR) is 72.8 cm³/mol. The Kier molecular flexibility index (Phi) is 4.48. The molecule has 0 saturated heterocycles. The highest BCUT2D eigenvalue weighted by molar-refractivity contribution is 6.02. The van der Waals surface area contributed by atoms with Crippen molar-refractivity contribution in [3.8, 4) is 0 Å². The quantitative estimate of drug-likeness (QED) is 0.608. The molecule has 16 heavy (non-hydrogen) atoms. The minimum atomic E-state index is 1.03. The van der Waals surface area contributed by atoms with Crippen molar-refractivity contribution >= 4 is 5.71 Å². The largest absolute Gasteiger partial charge is 0.262 e. The maximum absolute atomic E-state index is 4.27. The van der Waals surface area contributed by atoms with E-state index in [4.69, 9.17) is 0 Å². The lowest BCUT2D eigenvalue weighted by Crippen LogP contribution is -2.07. The van der Waals surface area contributed by atoms with Gasteiger partial charge in [0.1, 0.15) is 0 Å². The van der Waals surface area contributed by atoms with Crippen LogP contribution in [-0.4, -0.2) is 5.71 Å². The molecule has 0 bridgehead atoms. The van der Waals surface area contributed by atoms with Gasteiger partial charge < -0.3 is 0 Å². The van der Waals surface area contributed by atoms with Gasteiger partial charge in [0.15, 0.2) is 0 Å². The Labute approximate surface area is 99.0 Å². The summed E-state index contributed by atoms with van der Waals surface area (Å²) in [5.41, 5.74) is 6.32. The molecule has 0 amide bonds. The Morgan fingerprint density at radius 1 is 1.56 bits per heavy atom. The second-order valence-electron chi connectivity index (χ2n) is 4.11. The number of hydrogen-bond acceptors (Lipinski definition) is 1. The van der Waals surface area contributed by atoms with E-state index in [1.807, 2.05) is 6.92 Å². The molecule has 0 N–H and O–H groups in total. The first-order valence-electron chi connectivity index (χ1n) is 5.85. The van der Waals surface area contributed by atoms with Gasteiger partial charge in [-0.2, -0.15) is 0 Å². The van der Waals surface area contributed by atoms with E-state index >= 15 is 0 Å². The Morgan fingerprint density at radius 3 is 2.81 bits per heavy atom. The number of aliphatic imine (C=N–C) groups is 1. The van der Waals surface area contributed by atoms with E-state index in [2.05, 4.69) is 38.1 Å². The third-order valence-electron chi connectivity index (χ3n) is 3.13. The molecule has 0 spiro atoms. The van der Waals surface area contributed by atoms with E-state index < -0.39 is 0 Å². The minimum Gasteiger partial charge on any atom is -0.262 e. The normalized spacial score (nSPS) is 17.2. The van der Waals surface area contributed by atoms with Crippen LogP contribution in [0.4, 0.5) is 0 Å². The molecule has 1 nitrogen and oxygen atoms in total. The molecule has 0 unspecified atom stereocenters. The standard InChI is InChI=1S/C15H21N/c1-6-11(3)14-9-8-10-15(12(14)4)13(5)16-7-2/h7,10H,2-3,6,8-9H2,1,4-5H3/b16-13-. The van der Waals surface area contributed by atoms with Gasteiger partial charge in [0.2, 0.25) is 0 Å². The van der Waals surface area contributed by atoms with Gasteiger partial charge >= 0.3 is 0 Å². The van der Waals surface area contributed by atoms with E-state index in [1.54, 1.807) is 6.20 Å². The highest BCUT2D eigenvalue weighted by atomic mass is 14.7. The molecule has 1 heteroatoms. The number of allylic oxidation sites excluding steroid dienone is 5. The monoisotopic (exact) mass is 215 g/mol. The van der Waals surface area contributed by atoms with Gasteiger partial charge in [-0.15, -0.1) is 0 Å². The average molecular weight is 215 g/mol. The van der Waals surface area contributed by atoms with E-state index in [-0.39, 0.29) is 0 Å². The van der Waals surface area contributed by atoms with Crippen molar-refractivity contribution in [2.45, 2.75) is 40.0 Å². The van der Waals surface area contributed by atoms with Gasteiger partial charge in [0.05, 0.1) is 0 Å². The van der Waals surface area contributed by atoms with Crippen LogP contribution in [0, 0.1) is 0 Å². The molecule has 1 rings (SSSR count). The van der Waals surface area contributed by atoms with Gasteiger partial charge in [-0.25, -0.2) is 0 Å². The van der Waals surface area contributed by atoms with Crippen molar-refractivity contribution < 1.29 is 0 Å². The fraction of sp³-hybridized carbons (Fsp3) is 0.400. The summed E-state index contributed by atoms with van der Waals surface area (Å²) in [7, 11) is 0. The van der Waals surface area contributed by atoms with Gasteiger partial charge in [0, 0.05) is 11.9 Å². The molecule has 1 aliphatic carbocycles. The van der Waals surface area contributed by atoms with Crippen LogP contribution in [-0.2, 0) is 0 Å². The van der Waals surface area contributed by atoms with Crippen molar-refractivity contribution in [1.29, 1.82) is 0 Å². The molecule has 0 aromatic carbocycles. The Balaban J connectivity index is 3.10. The zero-order valence-electron chi connectivity index (χ0n) is 10.6. The van der Waals surface area contributed by atoms with Gasteiger partial charge in [0.25, 0.3) is 0 Å². The summed E-state index contributed by atoms with van der Waals surface area (Å²) < 4.78 is 0. The van der Waals surface area contributed by atoms with Gasteiger partial charge in [-0.1, -0.05) is 31.7 Å². The first kappa shape index (κ1) is 12.7. The molecule has 0 heterocycles. The summed E-state index contributed by atoms with van der Waals surface area (Å²) in [5, 5.41) is 0. The zero-order chi connectivity index (χ0) is 12.1. The number of rotatable bonds is 4. The molecule has 0 fully saturated rings. The molecule has 86 valence electrons. The van der Waals surface area contributed by atoms with Gasteiger partial charge in [-0.3, -0.25) is 4.99 Å². The Morgan fingerprint density at radius 2 is 2.25 bits per heavy atom. The molecule has 0 atom stereocenters. The predicted octanol–water partition coefficient (Wildman–Crippen LogP) is 4.59. The third-order valence-corrected chi connectivity index (χ3v) is 3.13. The lowest BCUT2D eigenvalue weighted by atomic mass is 9.85. The van der Waals surface area contributed by atoms with Crippen LogP contribution in [0.15, 0.2) is 52.7 Å². The summed E-state index contributed by atoms with van der Waals surface area (Å²) in [5.74, 6) is 0. The average Bonchev–Trinajstić information content (AvgIpc) is 2.28. The molecule has 0 aliphatic heterocycles. The van der Waals surface area contributed by atoms with Crippen molar-refractivity contribution in [3.05, 3.63) is 47.7 Å². The van der Waals surface area contributed by atoms with E-state index in [1.165, 1.54) is 22.3 Å². The molecule has 0 radical (unpaired) electrons.